The molecule has 1 heterocycles. The molecule has 3 nitrogen and oxygen atoms in total. The summed E-state index contributed by atoms with van der Waals surface area (Å²) in [6, 6.07) is 0. The molecule has 15 heavy (non-hydrogen) atoms. The van der Waals surface area contributed by atoms with Gasteiger partial charge in [-0.05, 0) is 19.1 Å². The van der Waals surface area contributed by atoms with Gasteiger partial charge in [0, 0.05) is 25.0 Å². The number of ether oxygens (including phenoxy) is 1. The van der Waals surface area contributed by atoms with Gasteiger partial charge in [-0.2, -0.15) is 0 Å². The van der Waals surface area contributed by atoms with E-state index in [1.165, 1.54) is 6.08 Å². The molecule has 0 aromatic carbocycles. The highest BCUT2D eigenvalue weighted by molar-refractivity contribution is 5.81. The van der Waals surface area contributed by atoms with E-state index < -0.39 is 0 Å². The summed E-state index contributed by atoms with van der Waals surface area (Å²) >= 11 is 0. The second kappa shape index (κ2) is 6.65. The summed E-state index contributed by atoms with van der Waals surface area (Å²) in [7, 11) is 0. The lowest BCUT2D eigenvalue weighted by molar-refractivity contribution is -0.137. The molecule has 0 unspecified atom stereocenters. The Hall–Kier alpha value is -1.77. The molecule has 1 aliphatic heterocycles. The molecule has 0 aromatic rings. The maximum Gasteiger partial charge on any atom is 0.330 e. The van der Waals surface area contributed by atoms with E-state index in [4.69, 9.17) is 4.74 Å². The second-order valence-electron chi connectivity index (χ2n) is 2.92. The lowest BCUT2D eigenvalue weighted by atomic mass is 10.4. The van der Waals surface area contributed by atoms with Crippen LogP contribution < -0.4 is 0 Å². The molecular formula is C12H15NO2. The monoisotopic (exact) mass is 205 g/mol. The number of nitrogens with zero attached hydrogens (tertiary/aromatic N) is 1. The predicted octanol–water partition coefficient (Wildman–Crippen LogP) is 2.00. The number of esters is 1. The maximum atomic E-state index is 11.0. The van der Waals surface area contributed by atoms with Crippen molar-refractivity contribution in [3.05, 3.63) is 48.9 Å². The first kappa shape index (κ1) is 11.3. The first-order chi connectivity index (χ1) is 7.33. The molecule has 3 heteroatoms. The van der Waals surface area contributed by atoms with Crippen LogP contribution in [0.4, 0.5) is 0 Å². The van der Waals surface area contributed by atoms with Crippen LogP contribution >= 0.6 is 0 Å². The highest BCUT2D eigenvalue weighted by Gasteiger charge is 1.94. The quantitative estimate of drug-likeness (QED) is 0.519. The molecule has 80 valence electrons. The van der Waals surface area contributed by atoms with Gasteiger partial charge in [-0.25, -0.2) is 4.79 Å². The van der Waals surface area contributed by atoms with Crippen LogP contribution in [0.25, 0.3) is 0 Å². The van der Waals surface area contributed by atoms with Gasteiger partial charge in [-0.15, -0.1) is 0 Å². The topological polar surface area (TPSA) is 29.5 Å². The van der Waals surface area contributed by atoms with Crippen molar-refractivity contribution in [2.75, 3.05) is 13.2 Å². The first-order valence-electron chi connectivity index (χ1n) is 4.93. The lowest BCUT2D eigenvalue weighted by Gasteiger charge is -2.10. The van der Waals surface area contributed by atoms with Crippen molar-refractivity contribution < 1.29 is 9.53 Å². The van der Waals surface area contributed by atoms with Crippen LogP contribution in [0.3, 0.4) is 0 Å². The van der Waals surface area contributed by atoms with Gasteiger partial charge in [-0.1, -0.05) is 18.2 Å². The van der Waals surface area contributed by atoms with Crippen LogP contribution in [0.15, 0.2) is 48.9 Å². The molecule has 1 rings (SSSR count). The van der Waals surface area contributed by atoms with Gasteiger partial charge in [0.1, 0.15) is 0 Å². The zero-order valence-corrected chi connectivity index (χ0v) is 8.80. The summed E-state index contributed by atoms with van der Waals surface area (Å²) in [5, 5.41) is 0. The van der Waals surface area contributed by atoms with E-state index in [0.29, 0.717) is 13.2 Å². The van der Waals surface area contributed by atoms with E-state index in [1.807, 2.05) is 41.6 Å². The van der Waals surface area contributed by atoms with Crippen molar-refractivity contribution >= 4 is 5.97 Å². The van der Waals surface area contributed by atoms with Gasteiger partial charge >= 0.3 is 5.97 Å². The summed E-state index contributed by atoms with van der Waals surface area (Å²) < 4.78 is 4.76. The number of allylic oxidation sites excluding steroid dienone is 4. The predicted molar refractivity (Wildman–Crippen MR) is 59.9 cm³/mol. The molecule has 0 saturated carbocycles. The first-order valence-corrected chi connectivity index (χ1v) is 4.93. The van der Waals surface area contributed by atoms with E-state index in [0.717, 1.165) is 0 Å². The molecule has 0 bridgehead atoms. The Balaban J connectivity index is 2.33. The Morgan fingerprint density at radius 1 is 1.27 bits per heavy atom. The highest BCUT2D eigenvalue weighted by Crippen LogP contribution is 1.98. The fourth-order valence-electron chi connectivity index (χ4n) is 1.08. The fraction of sp³-hybridized carbons (Fsp3) is 0.250. The van der Waals surface area contributed by atoms with Crippen LogP contribution in [-0.2, 0) is 9.53 Å². The minimum Gasteiger partial charge on any atom is -0.463 e. The van der Waals surface area contributed by atoms with Gasteiger partial charge in [-0.3, -0.25) is 0 Å². The normalized spacial score (nSPS) is 14.6. The summed E-state index contributed by atoms with van der Waals surface area (Å²) in [6.45, 7) is 2.86. The number of hydrogen-bond acceptors (Lipinski definition) is 3. The van der Waals surface area contributed by atoms with E-state index in [2.05, 4.69) is 0 Å². The van der Waals surface area contributed by atoms with Crippen LogP contribution in [0.2, 0.25) is 0 Å². The minimum absolute atomic E-state index is 0.293. The van der Waals surface area contributed by atoms with Crippen molar-refractivity contribution in [1.82, 2.24) is 4.90 Å². The third kappa shape index (κ3) is 4.86. The number of rotatable bonds is 4. The highest BCUT2D eigenvalue weighted by atomic mass is 16.5. The Morgan fingerprint density at radius 3 is 2.53 bits per heavy atom. The van der Waals surface area contributed by atoms with Crippen LogP contribution in [0.5, 0.6) is 0 Å². The molecule has 0 fully saturated rings. The van der Waals surface area contributed by atoms with E-state index in [9.17, 15) is 4.79 Å². The Morgan fingerprint density at radius 2 is 1.93 bits per heavy atom. The summed E-state index contributed by atoms with van der Waals surface area (Å²) in [5.74, 6) is -0.293. The summed E-state index contributed by atoms with van der Waals surface area (Å²) in [6.07, 6.45) is 14.9. The Kier molecular flexibility index (Phi) is 5.01. The maximum absolute atomic E-state index is 11.0. The zero-order valence-electron chi connectivity index (χ0n) is 8.80. The zero-order chi connectivity index (χ0) is 10.9. The molecule has 1 aliphatic rings. The summed E-state index contributed by atoms with van der Waals surface area (Å²) in [4.78, 5) is 12.9. The minimum atomic E-state index is -0.293. The largest absolute Gasteiger partial charge is 0.463 e. The number of carbonyl (C=O) groups excluding carboxylic acids is 1. The van der Waals surface area contributed by atoms with Gasteiger partial charge in [0.2, 0.25) is 0 Å². The Labute approximate surface area is 90.0 Å². The molecule has 0 amide bonds. The van der Waals surface area contributed by atoms with E-state index in [-0.39, 0.29) is 5.97 Å². The number of hydrogen-bond donors (Lipinski definition) is 0. The molecule has 0 N–H and O–H groups in total. The van der Waals surface area contributed by atoms with Crippen molar-refractivity contribution in [2.45, 2.75) is 6.92 Å². The van der Waals surface area contributed by atoms with E-state index >= 15 is 0 Å². The molecule has 0 aliphatic carbocycles. The third-order valence-electron chi connectivity index (χ3n) is 1.75. The molecule has 0 aromatic heterocycles. The molecule has 0 atom stereocenters. The van der Waals surface area contributed by atoms with Gasteiger partial charge < -0.3 is 9.64 Å². The van der Waals surface area contributed by atoms with E-state index in [1.54, 1.807) is 13.0 Å². The van der Waals surface area contributed by atoms with Crippen molar-refractivity contribution in [2.24, 2.45) is 0 Å². The molecule has 0 saturated heterocycles. The third-order valence-corrected chi connectivity index (χ3v) is 1.75. The second-order valence-corrected chi connectivity index (χ2v) is 2.92. The molecule has 0 radical (unpaired) electrons. The van der Waals surface area contributed by atoms with Gasteiger partial charge in [0.05, 0.1) is 6.61 Å². The smallest absolute Gasteiger partial charge is 0.330 e. The fourth-order valence-corrected chi connectivity index (χ4v) is 1.08. The summed E-state index contributed by atoms with van der Waals surface area (Å²) in [5.41, 5.74) is 0. The van der Waals surface area contributed by atoms with Gasteiger partial charge in [0.15, 0.2) is 0 Å². The Bertz CT molecular complexity index is 298. The lowest BCUT2D eigenvalue weighted by Crippen LogP contribution is -2.09. The van der Waals surface area contributed by atoms with Crippen LogP contribution in [0, 0.1) is 0 Å². The SMILES string of the molecule is CCOC(=O)/C=C/CN1C=CC=CC=C1. The standard InChI is InChI=1S/C12H15NO2/c1-2-15-12(14)8-7-11-13-9-5-3-4-6-10-13/h3-10H,2,11H2,1H3/b8-7+. The van der Waals surface area contributed by atoms with Crippen molar-refractivity contribution in [1.29, 1.82) is 0 Å². The van der Waals surface area contributed by atoms with Crippen molar-refractivity contribution in [3.63, 3.8) is 0 Å². The average Bonchev–Trinajstić information content (AvgIpc) is 2.47. The van der Waals surface area contributed by atoms with Crippen LogP contribution in [-0.4, -0.2) is 24.0 Å². The average molecular weight is 205 g/mol. The van der Waals surface area contributed by atoms with Gasteiger partial charge in [0.25, 0.3) is 0 Å². The van der Waals surface area contributed by atoms with Crippen molar-refractivity contribution in [3.8, 4) is 0 Å². The molecule has 0 spiro atoms. The number of carbonyl (C=O) groups is 1. The molecular weight excluding hydrogens is 190 g/mol. The van der Waals surface area contributed by atoms with Crippen LogP contribution in [0.1, 0.15) is 6.92 Å².